The van der Waals surface area contributed by atoms with Gasteiger partial charge in [-0.3, -0.25) is 9.59 Å². The summed E-state index contributed by atoms with van der Waals surface area (Å²) in [5.41, 5.74) is 7.91. The molecule has 16 heteroatoms. The number of aromatic nitrogens is 2. The summed E-state index contributed by atoms with van der Waals surface area (Å²) < 4.78 is 31.1. The number of anilines is 2. The minimum atomic E-state index is -0.741. The van der Waals surface area contributed by atoms with E-state index in [1.165, 1.54) is 14.2 Å². The third kappa shape index (κ3) is 9.39. The Morgan fingerprint density at radius 3 is 1.99 bits per heavy atom. The van der Waals surface area contributed by atoms with Gasteiger partial charge in [0.1, 0.15) is 17.9 Å². The Morgan fingerprint density at radius 2 is 1.39 bits per heavy atom. The van der Waals surface area contributed by atoms with Crippen LogP contribution in [0.2, 0.25) is 0 Å². The van der Waals surface area contributed by atoms with Crippen molar-refractivity contribution < 1.29 is 37.8 Å². The molecule has 0 saturated carbocycles. The molecule has 4 N–H and O–H groups in total. The smallest absolute Gasteiger partial charge is 0.407 e. The number of fused-ring (bicyclic) bond motifs is 2. The van der Waals surface area contributed by atoms with Crippen molar-refractivity contribution in [3.05, 3.63) is 101 Å². The van der Waals surface area contributed by atoms with E-state index in [4.69, 9.17) is 19.2 Å². The van der Waals surface area contributed by atoms with Crippen LogP contribution in [0, 0.1) is 17.7 Å². The fraction of sp³-hybridized carbons (Fsp3) is 0.471. The van der Waals surface area contributed by atoms with E-state index in [0.717, 1.165) is 88.9 Å². The summed E-state index contributed by atoms with van der Waals surface area (Å²) >= 11 is 0. The van der Waals surface area contributed by atoms with Crippen molar-refractivity contribution in [2.75, 3.05) is 44.1 Å². The zero-order valence-corrected chi connectivity index (χ0v) is 39.5. The van der Waals surface area contributed by atoms with E-state index in [1.807, 2.05) is 57.7 Å². The minimum absolute atomic E-state index is 0.140. The first-order chi connectivity index (χ1) is 32.2. The maximum atomic E-state index is 15.8. The van der Waals surface area contributed by atoms with Crippen LogP contribution < -0.4 is 25.6 Å². The summed E-state index contributed by atoms with van der Waals surface area (Å²) in [5.74, 6) is -0.188. The molecule has 0 aliphatic carbocycles. The topological polar surface area (TPSA) is 170 Å². The zero-order chi connectivity index (χ0) is 47.7. The Bertz CT molecular complexity index is 2570. The van der Waals surface area contributed by atoms with Crippen molar-refractivity contribution in [1.29, 1.82) is 0 Å². The monoisotopic (exact) mass is 918 g/mol. The quantitative estimate of drug-likeness (QED) is 0.102. The number of aromatic amines is 1. The van der Waals surface area contributed by atoms with E-state index in [2.05, 4.69) is 62.7 Å². The Labute approximate surface area is 391 Å². The van der Waals surface area contributed by atoms with Gasteiger partial charge >= 0.3 is 12.2 Å². The number of amides is 4. The van der Waals surface area contributed by atoms with Gasteiger partial charge in [0.15, 0.2) is 11.6 Å². The van der Waals surface area contributed by atoms with Gasteiger partial charge < -0.3 is 49.8 Å². The Hall–Kier alpha value is -6.58. The van der Waals surface area contributed by atoms with Crippen molar-refractivity contribution in [3.63, 3.8) is 0 Å². The van der Waals surface area contributed by atoms with Crippen molar-refractivity contribution in [3.8, 4) is 5.75 Å². The van der Waals surface area contributed by atoms with Gasteiger partial charge in [0.05, 0.1) is 56.0 Å². The molecule has 1 aromatic heterocycles. The highest BCUT2D eigenvalue weighted by molar-refractivity contribution is 5.90. The van der Waals surface area contributed by atoms with Crippen LogP contribution in [0.4, 0.5) is 25.4 Å². The van der Waals surface area contributed by atoms with Crippen molar-refractivity contribution >= 4 is 52.0 Å². The van der Waals surface area contributed by atoms with Crippen LogP contribution in [0.3, 0.4) is 0 Å². The molecule has 4 aromatic rings. The highest BCUT2D eigenvalue weighted by Gasteiger charge is 2.41. The standard InChI is InChI=1S/C51H63FN8O7/c1-9-67-44-21-16-33(27-35(44)52)60-40(31-14-17-34-30(6)24-39(53-37(34)25-31)42-12-10-22-58(42)48(61)45(28(2)3)56-50(63)65-7)19-20-41(60)32-15-18-36-38(26-32)55-47(54-36)43-13-11-23-59(43)49(62)46(29(4)5)57-51(64)66-8/h14-18,21,24-29,40-43,45-46,53H,6,9-13,19-20,22-23H2,1-5,7-8H3,(H,54,55)(H,56,63)(H,57,64)/t40-,41?,42+,43+,45+,46+/m1/s1. The fourth-order valence-corrected chi connectivity index (χ4v) is 10.4. The number of methoxy groups -OCH3 is 2. The number of carbonyl (C=O) groups is 4. The first kappa shape index (κ1) is 46.9. The Morgan fingerprint density at radius 1 is 0.791 bits per heavy atom. The lowest BCUT2D eigenvalue weighted by Gasteiger charge is -2.35. The number of H-pyrrole nitrogens is 1. The largest absolute Gasteiger partial charge is 0.491 e. The van der Waals surface area contributed by atoms with Gasteiger partial charge in [0.2, 0.25) is 11.8 Å². The van der Waals surface area contributed by atoms with E-state index in [1.54, 1.807) is 17.0 Å². The molecule has 0 radical (unpaired) electrons. The van der Waals surface area contributed by atoms with E-state index in [-0.39, 0.29) is 53.6 Å². The summed E-state index contributed by atoms with van der Waals surface area (Å²) in [6.45, 7) is 15.3. The molecule has 356 valence electrons. The minimum Gasteiger partial charge on any atom is -0.491 e. The molecule has 4 amide bonds. The number of imidazole rings is 1. The number of hydrogen-bond donors (Lipinski definition) is 4. The second kappa shape index (κ2) is 19.7. The molecule has 15 nitrogen and oxygen atoms in total. The number of hydrogen-bond acceptors (Lipinski definition) is 10. The number of allylic oxidation sites excluding steroid dienone is 2. The number of nitrogens with zero attached hydrogens (tertiary/aromatic N) is 4. The number of ether oxygens (including phenoxy) is 3. The van der Waals surface area contributed by atoms with Gasteiger partial charge in [-0.05, 0) is 110 Å². The molecule has 4 aliphatic heterocycles. The Balaban J connectivity index is 1.08. The Kier molecular flexibility index (Phi) is 13.8. The zero-order valence-electron chi connectivity index (χ0n) is 39.5. The lowest BCUT2D eigenvalue weighted by molar-refractivity contribution is -0.136. The normalized spacial score (nSPS) is 21.3. The number of likely N-dealkylation sites (tertiary alicyclic amines) is 2. The average Bonchev–Trinajstić information content (AvgIpc) is 4.16. The first-order valence-electron chi connectivity index (χ1n) is 23.5. The first-order valence-corrected chi connectivity index (χ1v) is 23.5. The van der Waals surface area contributed by atoms with Gasteiger partial charge in [0.25, 0.3) is 0 Å². The summed E-state index contributed by atoms with van der Waals surface area (Å²) in [6, 6.07) is 15.4. The molecule has 5 heterocycles. The highest BCUT2D eigenvalue weighted by Crippen LogP contribution is 2.49. The van der Waals surface area contributed by atoms with E-state index < -0.39 is 30.1 Å². The van der Waals surface area contributed by atoms with Gasteiger partial charge in [-0.15, -0.1) is 0 Å². The number of alkyl carbamates (subject to hydrolysis) is 2. The van der Waals surface area contributed by atoms with Crippen LogP contribution in [-0.2, 0) is 19.1 Å². The third-order valence-electron chi connectivity index (χ3n) is 13.7. The highest BCUT2D eigenvalue weighted by atomic mass is 19.1. The number of rotatable bonds is 13. The second-order valence-corrected chi connectivity index (χ2v) is 18.6. The summed E-state index contributed by atoms with van der Waals surface area (Å²) in [7, 11) is 2.57. The van der Waals surface area contributed by atoms with Crippen molar-refractivity contribution in [1.82, 2.24) is 30.4 Å². The predicted octanol–water partition coefficient (Wildman–Crippen LogP) is 8.92. The van der Waals surface area contributed by atoms with Crippen LogP contribution in [0.5, 0.6) is 5.75 Å². The van der Waals surface area contributed by atoms with E-state index >= 15 is 4.39 Å². The van der Waals surface area contributed by atoms with E-state index in [0.29, 0.717) is 25.5 Å². The molecule has 3 fully saturated rings. The third-order valence-corrected chi connectivity index (χ3v) is 13.7. The molecule has 67 heavy (non-hydrogen) atoms. The van der Waals surface area contributed by atoms with Crippen molar-refractivity contribution in [2.45, 2.75) is 109 Å². The molecule has 0 bridgehead atoms. The van der Waals surface area contributed by atoms with Crippen LogP contribution in [0.25, 0.3) is 16.6 Å². The van der Waals surface area contributed by atoms with Crippen LogP contribution in [0.15, 0.2) is 72.9 Å². The average molecular weight is 919 g/mol. The lowest BCUT2D eigenvalue weighted by atomic mass is 9.93. The van der Waals surface area contributed by atoms with Gasteiger partial charge in [-0.1, -0.05) is 52.5 Å². The molecule has 1 unspecified atom stereocenters. The van der Waals surface area contributed by atoms with E-state index in [9.17, 15) is 19.2 Å². The van der Waals surface area contributed by atoms with Crippen LogP contribution >= 0.6 is 0 Å². The van der Waals surface area contributed by atoms with Gasteiger partial charge in [0, 0.05) is 41.8 Å². The number of halogens is 1. The predicted molar refractivity (Wildman–Crippen MR) is 255 cm³/mol. The molecule has 4 aliphatic rings. The summed E-state index contributed by atoms with van der Waals surface area (Å²) in [6.07, 6.45) is 5.37. The number of nitrogens with one attached hydrogen (secondary N) is 4. The van der Waals surface area contributed by atoms with Crippen molar-refractivity contribution in [2.24, 2.45) is 11.8 Å². The molecule has 8 rings (SSSR count). The van der Waals surface area contributed by atoms with Crippen LogP contribution in [-0.4, -0.2) is 95.8 Å². The molecular weight excluding hydrogens is 856 g/mol. The second-order valence-electron chi connectivity index (χ2n) is 18.6. The molecule has 3 saturated heterocycles. The van der Waals surface area contributed by atoms with Gasteiger partial charge in [-0.2, -0.15) is 0 Å². The number of carbonyl (C=O) groups excluding carboxylic acids is 4. The lowest BCUT2D eigenvalue weighted by Crippen LogP contribution is -2.53. The SMILES string of the molecule is C=C1C=C([C@@H]2CCCN2C(=O)[C@@H](NC(=O)OC)C(C)C)Nc2cc([C@H]3CCC(c4ccc5nc([C@@H]6CCCN6C(=O)[C@@H](NC(=O)OC)C(C)C)[nH]c5c4)N3c3ccc(OCC)c(F)c3)ccc21. The maximum absolute atomic E-state index is 15.8. The summed E-state index contributed by atoms with van der Waals surface area (Å²) in [4.78, 5) is 66.8. The maximum Gasteiger partial charge on any atom is 0.407 e. The fourth-order valence-electron chi connectivity index (χ4n) is 10.4. The molecule has 0 spiro atoms. The van der Waals surface area contributed by atoms with Gasteiger partial charge in [-0.25, -0.2) is 19.0 Å². The molecular formula is C51H63FN8O7. The summed E-state index contributed by atoms with van der Waals surface area (Å²) in [5, 5.41) is 9.14. The number of benzene rings is 3. The molecule has 6 atom stereocenters. The van der Waals surface area contributed by atoms with Crippen LogP contribution in [0.1, 0.15) is 114 Å². The molecule has 3 aromatic carbocycles.